The molecule has 1 amide bonds. The number of hydrogen-bond acceptors (Lipinski definition) is 2. The van der Waals surface area contributed by atoms with Gasteiger partial charge in [0.15, 0.2) is 0 Å². The van der Waals surface area contributed by atoms with Crippen molar-refractivity contribution in [1.82, 2.24) is 9.88 Å². The van der Waals surface area contributed by atoms with Crippen LogP contribution in [0.3, 0.4) is 0 Å². The first-order chi connectivity index (χ1) is 14.8. The van der Waals surface area contributed by atoms with Crippen molar-refractivity contribution in [2.24, 2.45) is 0 Å². The Kier molecular flexibility index (Phi) is 5.56. The number of para-hydroxylation sites is 1. The van der Waals surface area contributed by atoms with Crippen molar-refractivity contribution in [3.05, 3.63) is 71.4 Å². The molecule has 2 atom stereocenters. The number of alkyl halides is 3. The quantitative estimate of drug-likeness (QED) is 0.581. The molecule has 0 fully saturated rings. The molecule has 0 bridgehead atoms. The number of nitrogens with one attached hydrogen (secondary N) is 1. The monoisotopic (exact) mass is 430 g/mol. The molecule has 4 rings (SSSR count). The molecule has 164 valence electrons. The number of aromatic nitrogens is 1. The van der Waals surface area contributed by atoms with Crippen molar-refractivity contribution >= 4 is 16.8 Å². The van der Waals surface area contributed by atoms with E-state index < -0.39 is 23.7 Å². The van der Waals surface area contributed by atoms with Crippen LogP contribution in [0, 0.1) is 0 Å². The van der Waals surface area contributed by atoms with E-state index in [1.54, 1.807) is 6.07 Å². The lowest BCUT2D eigenvalue weighted by molar-refractivity contribution is -0.271. The van der Waals surface area contributed by atoms with Crippen LogP contribution < -0.4 is 0 Å². The number of aromatic amines is 1. The number of ether oxygens (including phenoxy) is 1. The molecule has 0 unspecified atom stereocenters. The van der Waals surface area contributed by atoms with E-state index in [-0.39, 0.29) is 12.1 Å². The van der Waals surface area contributed by atoms with Gasteiger partial charge >= 0.3 is 6.18 Å². The van der Waals surface area contributed by atoms with Crippen LogP contribution in [0.4, 0.5) is 13.2 Å². The number of nitrogens with zero attached hydrogens (tertiary/aromatic N) is 1. The van der Waals surface area contributed by atoms with Crippen LogP contribution in [0.25, 0.3) is 10.9 Å². The zero-order valence-electron chi connectivity index (χ0n) is 17.5. The molecule has 7 heteroatoms. The molecule has 2 heterocycles. The summed E-state index contributed by atoms with van der Waals surface area (Å²) in [6.45, 7) is 2.16. The standard InChI is InChI=1S/C24H25F3N2O2/c1-3-9-20-21-18(17-12-7-8-13-19(17)28-21)14-15-29(20)22(30)23(31-2,24(25,26)27)16-10-5-4-6-11-16/h4-8,10-13,20,28H,3,9,14-15H2,1-2H3/t20-,23-/m1/s1. The first kappa shape index (κ1) is 21.4. The molecular weight excluding hydrogens is 405 g/mol. The number of amides is 1. The summed E-state index contributed by atoms with van der Waals surface area (Å²) < 4.78 is 48.4. The Bertz CT molecular complexity index is 1080. The maximum absolute atomic E-state index is 14.5. The number of carbonyl (C=O) groups is 1. The van der Waals surface area contributed by atoms with Gasteiger partial charge < -0.3 is 14.6 Å². The summed E-state index contributed by atoms with van der Waals surface area (Å²) in [4.78, 5) is 18.4. The SMILES string of the molecule is CCC[C@@H]1c2[nH]c3ccccc3c2CCN1C(=O)[C@](OC)(c1ccccc1)C(F)(F)F. The molecule has 3 aromatic rings. The molecule has 1 aliphatic heterocycles. The summed E-state index contributed by atoms with van der Waals surface area (Å²) in [6.07, 6.45) is -3.16. The van der Waals surface area contributed by atoms with E-state index in [0.717, 1.165) is 35.7 Å². The second-order valence-electron chi connectivity index (χ2n) is 7.86. The highest BCUT2D eigenvalue weighted by molar-refractivity contribution is 5.90. The average molecular weight is 430 g/mol. The number of carbonyl (C=O) groups excluding carboxylic acids is 1. The number of rotatable bonds is 5. The van der Waals surface area contributed by atoms with Gasteiger partial charge in [-0.3, -0.25) is 4.79 Å². The summed E-state index contributed by atoms with van der Waals surface area (Å²) in [5.74, 6) is -1.07. The van der Waals surface area contributed by atoms with Crippen LogP contribution >= 0.6 is 0 Å². The zero-order chi connectivity index (χ0) is 22.2. The number of H-pyrrole nitrogens is 1. The van der Waals surface area contributed by atoms with Crippen molar-refractivity contribution in [2.75, 3.05) is 13.7 Å². The van der Waals surface area contributed by atoms with E-state index >= 15 is 0 Å². The molecule has 1 aromatic heterocycles. The van der Waals surface area contributed by atoms with Gasteiger partial charge in [-0.15, -0.1) is 0 Å². The summed E-state index contributed by atoms with van der Waals surface area (Å²) in [6, 6.07) is 14.5. The highest BCUT2D eigenvalue weighted by Gasteiger charge is 2.64. The Labute approximate surface area is 179 Å². The second kappa shape index (κ2) is 8.04. The molecular formula is C24H25F3N2O2. The lowest BCUT2D eigenvalue weighted by atomic mass is 9.87. The van der Waals surface area contributed by atoms with Crippen LogP contribution in [0.15, 0.2) is 54.6 Å². The second-order valence-corrected chi connectivity index (χ2v) is 7.86. The van der Waals surface area contributed by atoms with E-state index in [9.17, 15) is 18.0 Å². The van der Waals surface area contributed by atoms with E-state index in [2.05, 4.69) is 4.98 Å². The van der Waals surface area contributed by atoms with Crippen molar-refractivity contribution in [3.8, 4) is 0 Å². The van der Waals surface area contributed by atoms with Crippen molar-refractivity contribution < 1.29 is 22.7 Å². The maximum Gasteiger partial charge on any atom is 0.430 e. The fourth-order valence-corrected chi connectivity index (χ4v) is 4.74. The maximum atomic E-state index is 14.5. The Balaban J connectivity index is 1.84. The van der Waals surface area contributed by atoms with Gasteiger partial charge in [0.1, 0.15) is 0 Å². The van der Waals surface area contributed by atoms with Crippen LogP contribution in [0.2, 0.25) is 0 Å². The fraction of sp³-hybridized carbons (Fsp3) is 0.375. The minimum absolute atomic E-state index is 0.201. The normalized spacial score (nSPS) is 18.6. The number of fused-ring (bicyclic) bond motifs is 3. The van der Waals surface area contributed by atoms with E-state index in [1.807, 2.05) is 31.2 Å². The molecule has 0 saturated carbocycles. The molecule has 0 radical (unpaired) electrons. The average Bonchev–Trinajstić information content (AvgIpc) is 3.14. The van der Waals surface area contributed by atoms with Gasteiger partial charge in [-0.05, 0) is 24.5 Å². The molecule has 2 aromatic carbocycles. The zero-order valence-corrected chi connectivity index (χ0v) is 17.5. The van der Waals surface area contributed by atoms with Crippen LogP contribution in [0.5, 0.6) is 0 Å². The minimum Gasteiger partial charge on any atom is -0.356 e. The topological polar surface area (TPSA) is 45.3 Å². The van der Waals surface area contributed by atoms with Gasteiger partial charge in [-0.1, -0.05) is 61.9 Å². The predicted octanol–water partition coefficient (Wildman–Crippen LogP) is 5.50. The van der Waals surface area contributed by atoms with E-state index in [1.165, 1.54) is 29.2 Å². The Morgan fingerprint density at radius 3 is 2.45 bits per heavy atom. The third-order valence-electron chi connectivity index (χ3n) is 6.17. The van der Waals surface area contributed by atoms with Crippen LogP contribution in [0.1, 0.15) is 42.6 Å². The summed E-state index contributed by atoms with van der Waals surface area (Å²) in [7, 11) is 0.950. The minimum atomic E-state index is -4.92. The van der Waals surface area contributed by atoms with Gasteiger partial charge in [0, 0.05) is 35.8 Å². The molecule has 0 spiro atoms. The van der Waals surface area contributed by atoms with Gasteiger partial charge in [0.05, 0.1) is 6.04 Å². The van der Waals surface area contributed by atoms with Gasteiger partial charge in [0.25, 0.3) is 11.5 Å². The molecule has 1 N–H and O–H groups in total. The Morgan fingerprint density at radius 2 is 1.81 bits per heavy atom. The van der Waals surface area contributed by atoms with Crippen LogP contribution in [-0.4, -0.2) is 35.6 Å². The number of methoxy groups -OCH3 is 1. The van der Waals surface area contributed by atoms with Gasteiger partial charge in [-0.2, -0.15) is 13.2 Å². The predicted molar refractivity (Wildman–Crippen MR) is 113 cm³/mol. The number of hydrogen-bond donors (Lipinski definition) is 1. The first-order valence-corrected chi connectivity index (χ1v) is 10.4. The highest BCUT2D eigenvalue weighted by Crippen LogP contribution is 2.46. The van der Waals surface area contributed by atoms with Crippen molar-refractivity contribution in [2.45, 2.75) is 44.0 Å². The highest BCUT2D eigenvalue weighted by atomic mass is 19.4. The number of benzene rings is 2. The first-order valence-electron chi connectivity index (χ1n) is 10.4. The lowest BCUT2D eigenvalue weighted by Gasteiger charge is -2.42. The van der Waals surface area contributed by atoms with Crippen LogP contribution in [-0.2, 0) is 21.6 Å². The molecule has 4 nitrogen and oxygen atoms in total. The van der Waals surface area contributed by atoms with Gasteiger partial charge in [0.2, 0.25) is 0 Å². The summed E-state index contributed by atoms with van der Waals surface area (Å²) in [5.41, 5.74) is -0.438. The fourth-order valence-electron chi connectivity index (χ4n) is 4.74. The van der Waals surface area contributed by atoms with E-state index in [4.69, 9.17) is 4.74 Å². The largest absolute Gasteiger partial charge is 0.430 e. The number of halogens is 3. The third-order valence-corrected chi connectivity index (χ3v) is 6.17. The molecule has 0 saturated heterocycles. The van der Waals surface area contributed by atoms with Crippen molar-refractivity contribution in [3.63, 3.8) is 0 Å². The third kappa shape index (κ3) is 3.31. The molecule has 1 aliphatic rings. The van der Waals surface area contributed by atoms with Crippen molar-refractivity contribution in [1.29, 1.82) is 0 Å². The molecule has 0 aliphatic carbocycles. The Hall–Kier alpha value is -2.80. The van der Waals surface area contributed by atoms with Gasteiger partial charge in [-0.25, -0.2) is 0 Å². The summed E-state index contributed by atoms with van der Waals surface area (Å²) in [5, 5.41) is 1.06. The smallest absolute Gasteiger partial charge is 0.356 e. The lowest BCUT2D eigenvalue weighted by Crippen LogP contribution is -2.58. The summed E-state index contributed by atoms with van der Waals surface area (Å²) >= 11 is 0. The van der Waals surface area contributed by atoms with E-state index in [0.29, 0.717) is 12.8 Å². The molecule has 31 heavy (non-hydrogen) atoms. The Morgan fingerprint density at radius 1 is 1.13 bits per heavy atom.